The highest BCUT2D eigenvalue weighted by atomic mass is 16.4. The molecule has 1 aromatic rings. The lowest BCUT2D eigenvalue weighted by Crippen LogP contribution is -2.12. The Hall–Kier alpha value is -1.51. The zero-order chi connectivity index (χ0) is 11.7. The van der Waals surface area contributed by atoms with Gasteiger partial charge in [-0.3, -0.25) is 4.79 Å². The summed E-state index contributed by atoms with van der Waals surface area (Å²) in [5.41, 5.74) is 3.24. The second-order valence-corrected chi connectivity index (χ2v) is 4.55. The SMILES string of the molecule is CC(Cc1cc2c(cc1O)CCC2)C(=O)O. The first-order chi connectivity index (χ1) is 7.58. The lowest BCUT2D eigenvalue weighted by atomic mass is 9.97. The number of aromatic hydroxyl groups is 1. The number of benzene rings is 1. The highest BCUT2D eigenvalue weighted by Gasteiger charge is 2.18. The van der Waals surface area contributed by atoms with E-state index in [-0.39, 0.29) is 5.75 Å². The van der Waals surface area contributed by atoms with Crippen molar-refractivity contribution in [3.05, 3.63) is 28.8 Å². The van der Waals surface area contributed by atoms with Crippen LogP contribution in [0, 0.1) is 5.92 Å². The maximum atomic E-state index is 10.8. The first-order valence-electron chi connectivity index (χ1n) is 5.64. The van der Waals surface area contributed by atoms with Crippen LogP contribution in [0.3, 0.4) is 0 Å². The summed E-state index contributed by atoms with van der Waals surface area (Å²) in [7, 11) is 0. The Morgan fingerprint density at radius 2 is 2.00 bits per heavy atom. The van der Waals surface area contributed by atoms with Crippen LogP contribution in [0.4, 0.5) is 0 Å². The largest absolute Gasteiger partial charge is 0.508 e. The molecule has 0 radical (unpaired) electrons. The fourth-order valence-electron chi connectivity index (χ4n) is 2.24. The molecule has 2 N–H and O–H groups in total. The van der Waals surface area contributed by atoms with Gasteiger partial charge in [-0.1, -0.05) is 13.0 Å². The van der Waals surface area contributed by atoms with Gasteiger partial charge in [0, 0.05) is 0 Å². The van der Waals surface area contributed by atoms with Gasteiger partial charge in [0.05, 0.1) is 5.92 Å². The number of carboxylic acid groups (broad SMARTS) is 1. The molecule has 3 nitrogen and oxygen atoms in total. The Bertz CT molecular complexity index is 423. The average Bonchev–Trinajstić information content (AvgIpc) is 2.65. The number of fused-ring (bicyclic) bond motifs is 1. The molecule has 1 unspecified atom stereocenters. The predicted octanol–water partition coefficient (Wildman–Crippen LogP) is 2.14. The molecule has 3 heteroatoms. The van der Waals surface area contributed by atoms with Gasteiger partial charge in [-0.15, -0.1) is 0 Å². The Labute approximate surface area is 94.7 Å². The fraction of sp³-hybridized carbons (Fsp3) is 0.462. The molecular formula is C13H16O3. The molecule has 16 heavy (non-hydrogen) atoms. The van der Waals surface area contributed by atoms with Crippen molar-refractivity contribution in [2.75, 3.05) is 0 Å². The zero-order valence-electron chi connectivity index (χ0n) is 9.36. The van der Waals surface area contributed by atoms with E-state index in [1.54, 1.807) is 13.0 Å². The Kier molecular flexibility index (Phi) is 2.86. The van der Waals surface area contributed by atoms with Gasteiger partial charge in [0.25, 0.3) is 0 Å². The first kappa shape index (κ1) is 11.0. The van der Waals surface area contributed by atoms with E-state index in [1.807, 2.05) is 6.07 Å². The van der Waals surface area contributed by atoms with Gasteiger partial charge in [0.1, 0.15) is 5.75 Å². The summed E-state index contributed by atoms with van der Waals surface area (Å²) in [4.78, 5) is 10.8. The van der Waals surface area contributed by atoms with E-state index >= 15 is 0 Å². The van der Waals surface area contributed by atoms with Gasteiger partial charge in [0.15, 0.2) is 0 Å². The fourth-order valence-corrected chi connectivity index (χ4v) is 2.24. The molecule has 0 saturated heterocycles. The van der Waals surface area contributed by atoms with E-state index < -0.39 is 11.9 Å². The van der Waals surface area contributed by atoms with Gasteiger partial charge in [-0.05, 0) is 48.4 Å². The summed E-state index contributed by atoms with van der Waals surface area (Å²) in [5, 5.41) is 18.7. The van der Waals surface area contributed by atoms with Crippen LogP contribution in [0.1, 0.15) is 30.0 Å². The van der Waals surface area contributed by atoms with E-state index in [0.29, 0.717) is 6.42 Å². The molecular weight excluding hydrogens is 204 g/mol. The second kappa shape index (κ2) is 4.16. The standard InChI is InChI=1S/C13H16O3/c1-8(13(15)16)5-11-6-9-3-2-4-10(9)7-12(11)14/h6-8,14H,2-5H2,1H3,(H,15,16). The second-order valence-electron chi connectivity index (χ2n) is 4.55. The highest BCUT2D eigenvalue weighted by molar-refractivity contribution is 5.70. The quantitative estimate of drug-likeness (QED) is 0.820. The molecule has 2 rings (SSSR count). The van der Waals surface area contributed by atoms with Crippen LogP contribution >= 0.6 is 0 Å². The van der Waals surface area contributed by atoms with Crippen molar-refractivity contribution in [3.63, 3.8) is 0 Å². The topological polar surface area (TPSA) is 57.5 Å². The summed E-state index contributed by atoms with van der Waals surface area (Å²) in [6.07, 6.45) is 3.60. The summed E-state index contributed by atoms with van der Waals surface area (Å²) >= 11 is 0. The molecule has 0 aromatic heterocycles. The van der Waals surface area contributed by atoms with Gasteiger partial charge in [-0.2, -0.15) is 0 Å². The number of phenolic OH excluding ortho intramolecular Hbond substituents is 1. The van der Waals surface area contributed by atoms with Crippen LogP contribution in [0.25, 0.3) is 0 Å². The van der Waals surface area contributed by atoms with Crippen molar-refractivity contribution in [1.29, 1.82) is 0 Å². The van der Waals surface area contributed by atoms with Crippen LogP contribution in [-0.4, -0.2) is 16.2 Å². The van der Waals surface area contributed by atoms with E-state index in [2.05, 4.69) is 0 Å². The van der Waals surface area contributed by atoms with Gasteiger partial charge in [0.2, 0.25) is 0 Å². The van der Waals surface area contributed by atoms with E-state index in [1.165, 1.54) is 11.1 Å². The molecule has 0 saturated carbocycles. The highest BCUT2D eigenvalue weighted by Crippen LogP contribution is 2.30. The number of carbonyl (C=O) groups is 1. The normalized spacial score (nSPS) is 15.8. The van der Waals surface area contributed by atoms with Crippen molar-refractivity contribution in [2.45, 2.75) is 32.6 Å². The maximum absolute atomic E-state index is 10.8. The van der Waals surface area contributed by atoms with Gasteiger partial charge >= 0.3 is 5.97 Å². The first-order valence-corrected chi connectivity index (χ1v) is 5.64. The van der Waals surface area contributed by atoms with E-state index in [9.17, 15) is 9.90 Å². The molecule has 1 aliphatic rings. The molecule has 0 bridgehead atoms. The minimum absolute atomic E-state index is 0.244. The molecule has 86 valence electrons. The lowest BCUT2D eigenvalue weighted by Gasteiger charge is -2.10. The zero-order valence-corrected chi connectivity index (χ0v) is 9.36. The summed E-state index contributed by atoms with van der Waals surface area (Å²) in [6, 6.07) is 3.77. The van der Waals surface area contributed by atoms with Crippen LogP contribution in [0.5, 0.6) is 5.75 Å². The summed E-state index contributed by atoms with van der Waals surface area (Å²) in [5.74, 6) is -1.03. The number of rotatable bonds is 3. The van der Waals surface area contributed by atoms with Crippen LogP contribution in [0.15, 0.2) is 12.1 Å². The number of hydrogen-bond acceptors (Lipinski definition) is 2. The van der Waals surface area contributed by atoms with Crippen molar-refractivity contribution in [3.8, 4) is 5.75 Å². The molecule has 0 amide bonds. The Balaban J connectivity index is 2.25. The van der Waals surface area contributed by atoms with Crippen molar-refractivity contribution >= 4 is 5.97 Å². The molecule has 0 spiro atoms. The monoisotopic (exact) mass is 220 g/mol. The number of carboxylic acids is 1. The Morgan fingerprint density at radius 1 is 1.38 bits per heavy atom. The van der Waals surface area contributed by atoms with Gasteiger partial charge < -0.3 is 10.2 Å². The maximum Gasteiger partial charge on any atom is 0.306 e. The van der Waals surface area contributed by atoms with Crippen LogP contribution in [-0.2, 0) is 24.1 Å². The number of aliphatic carboxylic acids is 1. The molecule has 0 aliphatic heterocycles. The van der Waals surface area contributed by atoms with Crippen LogP contribution in [0.2, 0.25) is 0 Å². The Morgan fingerprint density at radius 3 is 2.62 bits per heavy atom. The number of hydrogen-bond donors (Lipinski definition) is 2. The van der Waals surface area contributed by atoms with Crippen molar-refractivity contribution in [2.24, 2.45) is 5.92 Å². The lowest BCUT2D eigenvalue weighted by molar-refractivity contribution is -0.141. The molecule has 0 fully saturated rings. The van der Waals surface area contributed by atoms with E-state index in [4.69, 9.17) is 5.11 Å². The predicted molar refractivity (Wildman–Crippen MR) is 60.6 cm³/mol. The third-order valence-electron chi connectivity index (χ3n) is 3.24. The molecule has 0 heterocycles. The molecule has 1 atom stereocenters. The molecule has 1 aromatic carbocycles. The minimum Gasteiger partial charge on any atom is -0.508 e. The number of aryl methyl sites for hydroxylation is 2. The summed E-state index contributed by atoms with van der Waals surface area (Å²) in [6.45, 7) is 1.66. The third kappa shape index (κ3) is 2.03. The molecule has 1 aliphatic carbocycles. The van der Waals surface area contributed by atoms with E-state index in [0.717, 1.165) is 24.8 Å². The third-order valence-corrected chi connectivity index (χ3v) is 3.24. The smallest absolute Gasteiger partial charge is 0.306 e. The average molecular weight is 220 g/mol. The van der Waals surface area contributed by atoms with Crippen molar-refractivity contribution < 1.29 is 15.0 Å². The van der Waals surface area contributed by atoms with Crippen molar-refractivity contribution in [1.82, 2.24) is 0 Å². The minimum atomic E-state index is -0.820. The number of phenols is 1. The van der Waals surface area contributed by atoms with Crippen LogP contribution < -0.4 is 0 Å². The van der Waals surface area contributed by atoms with Gasteiger partial charge in [-0.25, -0.2) is 0 Å². The summed E-state index contributed by atoms with van der Waals surface area (Å²) < 4.78 is 0.